The molecule has 8 heterocycles. The summed E-state index contributed by atoms with van der Waals surface area (Å²) in [6, 6.07) is 22.4. The number of pyridine rings is 3. The fourth-order valence-corrected chi connectivity index (χ4v) is 12.7. The predicted octanol–water partition coefficient (Wildman–Crippen LogP) is 12.3. The summed E-state index contributed by atoms with van der Waals surface area (Å²) < 4.78 is 0. The van der Waals surface area contributed by atoms with Crippen molar-refractivity contribution in [3.8, 4) is 33.4 Å². The van der Waals surface area contributed by atoms with Gasteiger partial charge in [-0.05, 0) is 193 Å². The second kappa shape index (κ2) is 37.8. The van der Waals surface area contributed by atoms with E-state index < -0.39 is 0 Å². The van der Waals surface area contributed by atoms with Gasteiger partial charge in [0, 0.05) is 148 Å². The fraction of sp³-hybridized carbons (Fsp3) is 0.440. The highest BCUT2D eigenvalue weighted by atomic mass is 35.5. The fourth-order valence-electron chi connectivity index (χ4n) is 12.1. The maximum atomic E-state index is 12.6. The molecule has 103 heavy (non-hydrogen) atoms. The smallest absolute Gasteiger partial charge is 0.320 e. The number of benzene rings is 3. The monoisotopic (exact) mass is 1440 g/mol. The normalized spacial score (nSPS) is 13.7. The Hall–Kier alpha value is -9.28. The van der Waals surface area contributed by atoms with Gasteiger partial charge in [0.2, 0.25) is 17.8 Å². The van der Waals surface area contributed by atoms with Crippen molar-refractivity contribution in [2.75, 3.05) is 158 Å². The van der Waals surface area contributed by atoms with E-state index in [4.69, 9.17) is 33.2 Å². The highest BCUT2D eigenvalue weighted by Crippen LogP contribution is 2.40. The number of hydrogen-bond acceptors (Lipinski definition) is 20. The molecule has 2 aliphatic heterocycles. The molecule has 0 unspecified atom stereocenters. The van der Waals surface area contributed by atoms with Crippen molar-refractivity contribution in [3.63, 3.8) is 0 Å². The van der Waals surface area contributed by atoms with Crippen LogP contribution in [0.2, 0.25) is 10.0 Å². The number of urea groups is 3. The third kappa shape index (κ3) is 22.6. The first-order valence-corrected chi connectivity index (χ1v) is 36.2. The Kier molecular flexibility index (Phi) is 28.5. The third-order valence-electron chi connectivity index (χ3n) is 17.4. The largest absolute Gasteiger partial charge is 0.354 e. The molecule has 0 aliphatic carbocycles. The van der Waals surface area contributed by atoms with E-state index in [0.29, 0.717) is 85.3 Å². The molecule has 548 valence electrons. The number of hydrogen-bond donors (Lipinski definition) is 9. The molecule has 9 N–H and O–H groups in total. The lowest BCUT2D eigenvalue weighted by Gasteiger charge is -2.32. The van der Waals surface area contributed by atoms with Crippen molar-refractivity contribution in [1.82, 2.24) is 85.3 Å². The van der Waals surface area contributed by atoms with Crippen LogP contribution in [0.5, 0.6) is 0 Å². The van der Waals surface area contributed by atoms with E-state index in [-0.39, 0.29) is 30.2 Å². The molecule has 2 aliphatic rings. The van der Waals surface area contributed by atoms with Crippen LogP contribution in [0.4, 0.5) is 49.7 Å². The summed E-state index contributed by atoms with van der Waals surface area (Å²) >= 11 is 13.0. The van der Waals surface area contributed by atoms with Crippen molar-refractivity contribution in [3.05, 3.63) is 124 Å². The minimum absolute atomic E-state index is 0.0121. The van der Waals surface area contributed by atoms with Gasteiger partial charge in [0.05, 0.1) is 10.0 Å². The van der Waals surface area contributed by atoms with Crippen LogP contribution in [0.25, 0.3) is 66.5 Å². The van der Waals surface area contributed by atoms with Crippen LogP contribution >= 0.6 is 23.2 Å². The molecule has 0 atom stereocenters. The summed E-state index contributed by atoms with van der Waals surface area (Å²) in [5.41, 5.74) is 11.0. The minimum atomic E-state index is -0.377. The Morgan fingerprint density at radius 1 is 0.476 bits per heavy atom. The molecule has 6 aromatic heterocycles. The summed E-state index contributed by atoms with van der Waals surface area (Å²) in [7, 11) is 8.43. The van der Waals surface area contributed by atoms with Crippen molar-refractivity contribution >= 4 is 110 Å². The van der Waals surface area contributed by atoms with Crippen molar-refractivity contribution in [2.45, 2.75) is 93.7 Å². The summed E-state index contributed by atoms with van der Waals surface area (Å²) in [4.78, 5) is 90.6. The second-order valence-corrected chi connectivity index (χ2v) is 27.8. The lowest BCUT2D eigenvalue weighted by Crippen LogP contribution is -2.44. The average molecular weight is 1440 g/mol. The first kappa shape index (κ1) is 77.9. The number of rotatable bonds is 24. The van der Waals surface area contributed by atoms with Crippen molar-refractivity contribution in [1.29, 1.82) is 0 Å². The molecular weight excluding hydrogens is 1340 g/mol. The number of carbonyl (C=O) groups excluding carboxylic acids is 3. The minimum Gasteiger partial charge on any atom is -0.354 e. The quantitative estimate of drug-likeness (QED) is 0.0254. The molecule has 11 rings (SSSR count). The van der Waals surface area contributed by atoms with Crippen LogP contribution in [0.15, 0.2) is 91.4 Å². The molecule has 28 heteroatoms. The Bertz CT molecular complexity index is 4100. The number of nitrogens with zero attached hydrogens (tertiary/aromatic N) is 14. The van der Waals surface area contributed by atoms with E-state index in [1.165, 1.54) is 0 Å². The van der Waals surface area contributed by atoms with E-state index >= 15 is 0 Å². The molecule has 0 saturated carbocycles. The number of piperazine rings is 2. The number of halogens is 2. The van der Waals surface area contributed by atoms with E-state index in [1.54, 1.807) is 36.8 Å². The van der Waals surface area contributed by atoms with Crippen LogP contribution in [0.1, 0.15) is 76.1 Å². The van der Waals surface area contributed by atoms with Crippen LogP contribution in [-0.2, 0) is 0 Å². The van der Waals surface area contributed by atoms with Crippen LogP contribution in [0.3, 0.4) is 0 Å². The molecular formula is C75H101Cl2N23O3. The van der Waals surface area contributed by atoms with Crippen LogP contribution in [0, 0.1) is 27.7 Å². The van der Waals surface area contributed by atoms with Gasteiger partial charge in [0.15, 0.2) is 16.9 Å². The zero-order valence-corrected chi connectivity index (χ0v) is 63.3. The maximum absolute atomic E-state index is 12.6. The highest BCUT2D eigenvalue weighted by Gasteiger charge is 2.23. The van der Waals surface area contributed by atoms with Gasteiger partial charge in [-0.3, -0.25) is 16.0 Å². The zero-order valence-electron chi connectivity index (χ0n) is 61.8. The van der Waals surface area contributed by atoms with Gasteiger partial charge in [0.25, 0.3) is 0 Å². The molecule has 2 fully saturated rings. The Morgan fingerprint density at radius 2 is 0.816 bits per heavy atom. The molecule has 0 radical (unpaired) electrons. The first-order valence-electron chi connectivity index (χ1n) is 35.5. The van der Waals surface area contributed by atoms with E-state index in [1.807, 2.05) is 79.0 Å². The van der Waals surface area contributed by atoms with Gasteiger partial charge in [-0.15, -0.1) is 0 Å². The van der Waals surface area contributed by atoms with E-state index in [9.17, 15) is 14.4 Å². The molecule has 2 saturated heterocycles. The third-order valence-corrected chi connectivity index (χ3v) is 18.1. The molecule has 9 aromatic rings. The molecule has 0 spiro atoms. The molecule has 6 amide bonds. The van der Waals surface area contributed by atoms with Crippen molar-refractivity contribution < 1.29 is 14.4 Å². The van der Waals surface area contributed by atoms with Crippen LogP contribution < -0.4 is 47.9 Å². The van der Waals surface area contributed by atoms with Gasteiger partial charge < -0.3 is 56.4 Å². The van der Waals surface area contributed by atoms with Crippen LogP contribution in [-0.4, -0.2) is 226 Å². The van der Waals surface area contributed by atoms with Gasteiger partial charge in [-0.25, -0.2) is 44.3 Å². The van der Waals surface area contributed by atoms with E-state index in [0.717, 1.165) is 166 Å². The number of aromatic nitrogens is 9. The number of amides is 6. The van der Waals surface area contributed by atoms with Gasteiger partial charge in [-0.1, -0.05) is 65.7 Å². The van der Waals surface area contributed by atoms with Gasteiger partial charge in [0.1, 0.15) is 17.5 Å². The Balaban J connectivity index is 0.000000180. The highest BCUT2D eigenvalue weighted by molar-refractivity contribution is 6.39. The lowest BCUT2D eigenvalue weighted by atomic mass is 9.95. The number of carbonyl (C=O) groups is 3. The molecule has 26 nitrogen and oxygen atoms in total. The Labute approximate surface area is 615 Å². The zero-order chi connectivity index (χ0) is 73.7. The predicted molar refractivity (Wildman–Crippen MR) is 420 cm³/mol. The average Bonchev–Trinajstić information content (AvgIpc) is 0.789. The molecule has 3 aromatic carbocycles. The topological polar surface area (TPSA) is 292 Å². The lowest BCUT2D eigenvalue weighted by molar-refractivity contribution is 0.154. The number of aryl methyl sites for hydroxylation is 4. The Morgan fingerprint density at radius 3 is 1.17 bits per heavy atom. The number of nitrogens with one attached hydrogen (secondary N) is 9. The maximum Gasteiger partial charge on any atom is 0.320 e. The standard InChI is InChI=1S/C27H38N8O.C25H32Cl2N8O.C23H31N7O/c1-18(2)30-27(36)33-25-22(23-19(3)8-6-9-20(23)4)16-21-17-29-26(32-24(21)31-25)28-10-7-11-35-14-12-34(5)13-15-35;1-16(2)30-25(36)33-23-18(21-19(26)6-4-7-20(21)27)14-17-15-29-24(32-22(17)31-23)28-8-5-9-35-12-10-34(3)11-13-35;1-6-24-23(31)29-21-18(19-15(2)9-7-10-16(19)3)13-17-14-26-22(28-20(17)27-21)25-11-8-12-30(4)5/h6,8-9,16-18H,7,10-15H2,1-5H3,(H3,28,29,30,31,32,33,36);4,6-7,14-16H,5,8-13H2,1-3H3,(H3,28,29,30,31,32,33,36);7,9-10,13-14H,6,8,11-12H2,1-5H3,(H3,24,25,26,27,28,29,31). The van der Waals surface area contributed by atoms with Gasteiger partial charge >= 0.3 is 18.1 Å². The number of likely N-dealkylation sites (N-methyl/N-ethyl adjacent to an activating group) is 2. The van der Waals surface area contributed by atoms with E-state index in [2.05, 4.69) is 173 Å². The summed E-state index contributed by atoms with van der Waals surface area (Å²) in [5, 5.41) is 30.3. The first-order chi connectivity index (χ1) is 49.5. The number of fused-ring (bicyclic) bond motifs is 3. The summed E-state index contributed by atoms with van der Waals surface area (Å²) in [6.07, 6.45) is 8.28. The summed E-state index contributed by atoms with van der Waals surface area (Å²) in [5.74, 6) is 2.85. The second-order valence-electron chi connectivity index (χ2n) is 27.0. The number of anilines is 6. The SMILES string of the molecule is CC(C)NC(=O)Nc1nc2nc(NCCCN3CCN(C)CC3)ncc2cc1-c1c(Cl)cccc1Cl.CCNC(=O)Nc1nc2nc(NCCCN(C)C)ncc2cc1-c1c(C)cccc1C.Cc1cccc(C)c1-c1cc2cnc(NCCCN3CCN(C)CC3)nc2nc1NC(=O)NC(C)C. The van der Waals surface area contributed by atoms with Crippen molar-refractivity contribution in [2.24, 2.45) is 0 Å². The summed E-state index contributed by atoms with van der Waals surface area (Å²) in [6.45, 7) is 32.6. The van der Waals surface area contributed by atoms with Gasteiger partial charge in [-0.2, -0.15) is 15.0 Å². The molecule has 0 bridgehead atoms.